The summed E-state index contributed by atoms with van der Waals surface area (Å²) in [5.74, 6) is 1.39. The molecule has 1 N–H and O–H groups in total. The lowest BCUT2D eigenvalue weighted by molar-refractivity contribution is -0.121. The molecule has 0 aliphatic carbocycles. The molecule has 0 fully saturated rings. The van der Waals surface area contributed by atoms with Gasteiger partial charge >= 0.3 is 0 Å². The Labute approximate surface area is 96.0 Å². The monoisotopic (exact) mass is 263 g/mol. The zero-order valence-corrected chi connectivity index (χ0v) is 11.1. The molecule has 2 nitrogen and oxygen atoms in total. The molecular weight excluding hydrogens is 242 g/mol. The largest absolute Gasteiger partial charge is 0.356 e. The minimum Gasteiger partial charge on any atom is -0.356 e. The smallest absolute Gasteiger partial charge is 0.220 e. The summed E-state index contributed by atoms with van der Waals surface area (Å²) < 4.78 is 0. The number of halogens is 1. The Morgan fingerprint density at radius 3 is 2.43 bits per heavy atom. The maximum atomic E-state index is 11.3. The van der Waals surface area contributed by atoms with Crippen molar-refractivity contribution in [2.24, 2.45) is 11.8 Å². The second kappa shape index (κ2) is 8.27. The maximum Gasteiger partial charge on any atom is 0.220 e. The quantitative estimate of drug-likeness (QED) is 0.556. The van der Waals surface area contributed by atoms with Crippen LogP contribution in [0.15, 0.2) is 0 Å². The van der Waals surface area contributed by atoms with Crippen LogP contribution in [0.3, 0.4) is 0 Å². The molecule has 0 radical (unpaired) electrons. The predicted molar refractivity (Wildman–Crippen MR) is 64.7 cm³/mol. The van der Waals surface area contributed by atoms with Crippen molar-refractivity contribution in [3.8, 4) is 0 Å². The van der Waals surface area contributed by atoms with E-state index in [1.165, 1.54) is 0 Å². The molecule has 0 rings (SSSR count). The number of carbonyl (C=O) groups is 1. The Hall–Kier alpha value is -0.0500. The lowest BCUT2D eigenvalue weighted by atomic mass is 9.98. The van der Waals surface area contributed by atoms with E-state index in [2.05, 4.69) is 42.0 Å². The molecule has 0 aromatic heterocycles. The number of unbranched alkanes of at least 4 members (excludes halogenated alkanes) is 1. The fourth-order valence-corrected chi connectivity index (χ4v) is 1.38. The van der Waals surface area contributed by atoms with Gasteiger partial charge < -0.3 is 5.32 Å². The van der Waals surface area contributed by atoms with Crippen molar-refractivity contribution >= 4 is 21.8 Å². The van der Waals surface area contributed by atoms with Crippen molar-refractivity contribution in [1.82, 2.24) is 5.32 Å². The molecular formula is C11H22BrNO. The lowest BCUT2D eigenvalue weighted by Crippen LogP contribution is -2.29. The Morgan fingerprint density at radius 2 is 1.93 bits per heavy atom. The molecule has 0 saturated heterocycles. The van der Waals surface area contributed by atoms with E-state index < -0.39 is 0 Å². The SMILES string of the molecule is CC(C)C(C)CNC(=O)CCCCBr. The van der Waals surface area contributed by atoms with E-state index in [0.29, 0.717) is 18.3 Å². The van der Waals surface area contributed by atoms with Gasteiger partial charge in [-0.15, -0.1) is 0 Å². The Bertz CT molecular complexity index is 159. The summed E-state index contributed by atoms with van der Waals surface area (Å²) in [7, 11) is 0. The van der Waals surface area contributed by atoms with Gasteiger partial charge in [0.25, 0.3) is 0 Å². The average Bonchev–Trinajstić information content (AvgIpc) is 2.14. The second-order valence-electron chi connectivity index (χ2n) is 4.17. The number of carbonyl (C=O) groups excluding carboxylic acids is 1. The zero-order chi connectivity index (χ0) is 11.0. The van der Waals surface area contributed by atoms with Crippen LogP contribution >= 0.6 is 15.9 Å². The summed E-state index contributed by atoms with van der Waals surface area (Å²) in [4.78, 5) is 11.3. The van der Waals surface area contributed by atoms with Crippen molar-refractivity contribution in [1.29, 1.82) is 0 Å². The Morgan fingerprint density at radius 1 is 1.29 bits per heavy atom. The van der Waals surface area contributed by atoms with Crippen LogP contribution in [0.2, 0.25) is 0 Å². The van der Waals surface area contributed by atoms with Crippen molar-refractivity contribution in [2.45, 2.75) is 40.0 Å². The van der Waals surface area contributed by atoms with E-state index in [0.717, 1.165) is 24.7 Å². The Balaban J connectivity index is 3.44. The molecule has 14 heavy (non-hydrogen) atoms. The van der Waals surface area contributed by atoms with Gasteiger partial charge in [-0.25, -0.2) is 0 Å². The summed E-state index contributed by atoms with van der Waals surface area (Å²) in [6, 6.07) is 0. The van der Waals surface area contributed by atoms with Crippen molar-refractivity contribution < 1.29 is 4.79 Å². The standard InChI is InChI=1S/C11H22BrNO/c1-9(2)10(3)8-13-11(14)6-4-5-7-12/h9-10H,4-8H2,1-3H3,(H,13,14). The van der Waals surface area contributed by atoms with Gasteiger partial charge in [0, 0.05) is 18.3 Å². The molecule has 0 heterocycles. The normalized spacial score (nSPS) is 12.9. The van der Waals surface area contributed by atoms with Gasteiger partial charge in [0.15, 0.2) is 0 Å². The number of hydrogen-bond acceptors (Lipinski definition) is 1. The summed E-state index contributed by atoms with van der Waals surface area (Å²) in [5, 5.41) is 3.96. The first-order valence-electron chi connectivity index (χ1n) is 5.40. The molecule has 0 spiro atoms. The molecule has 0 aliphatic heterocycles. The van der Waals surface area contributed by atoms with Crippen LogP contribution in [0.25, 0.3) is 0 Å². The van der Waals surface area contributed by atoms with E-state index in [9.17, 15) is 4.79 Å². The van der Waals surface area contributed by atoms with E-state index >= 15 is 0 Å². The molecule has 84 valence electrons. The zero-order valence-electron chi connectivity index (χ0n) is 9.48. The van der Waals surface area contributed by atoms with Crippen LogP contribution in [0, 0.1) is 11.8 Å². The highest BCUT2D eigenvalue weighted by molar-refractivity contribution is 9.09. The van der Waals surface area contributed by atoms with Gasteiger partial charge in [-0.1, -0.05) is 36.7 Å². The van der Waals surface area contributed by atoms with E-state index in [1.54, 1.807) is 0 Å². The molecule has 0 aliphatic rings. The lowest BCUT2D eigenvalue weighted by Gasteiger charge is -2.15. The van der Waals surface area contributed by atoms with Crippen LogP contribution in [0.4, 0.5) is 0 Å². The maximum absolute atomic E-state index is 11.3. The van der Waals surface area contributed by atoms with Gasteiger partial charge in [0.1, 0.15) is 0 Å². The minimum atomic E-state index is 0.193. The average molecular weight is 264 g/mol. The van der Waals surface area contributed by atoms with E-state index in [-0.39, 0.29) is 5.91 Å². The van der Waals surface area contributed by atoms with Crippen LogP contribution in [-0.4, -0.2) is 17.8 Å². The summed E-state index contributed by atoms with van der Waals surface area (Å²) in [5.41, 5.74) is 0. The summed E-state index contributed by atoms with van der Waals surface area (Å²) in [6.07, 6.45) is 2.72. The first-order chi connectivity index (χ1) is 6.57. The highest BCUT2D eigenvalue weighted by Crippen LogP contribution is 2.07. The third-order valence-electron chi connectivity index (χ3n) is 2.55. The number of alkyl halides is 1. The topological polar surface area (TPSA) is 29.1 Å². The number of rotatable bonds is 7. The molecule has 0 saturated carbocycles. The minimum absolute atomic E-state index is 0.193. The number of nitrogens with one attached hydrogen (secondary N) is 1. The first-order valence-corrected chi connectivity index (χ1v) is 6.52. The van der Waals surface area contributed by atoms with Crippen LogP contribution < -0.4 is 5.32 Å². The fraction of sp³-hybridized carbons (Fsp3) is 0.909. The van der Waals surface area contributed by atoms with Gasteiger partial charge in [0.05, 0.1) is 0 Å². The highest BCUT2D eigenvalue weighted by Gasteiger charge is 2.08. The molecule has 1 amide bonds. The van der Waals surface area contributed by atoms with Crippen molar-refractivity contribution in [3.05, 3.63) is 0 Å². The number of hydrogen-bond donors (Lipinski definition) is 1. The van der Waals surface area contributed by atoms with Crippen LogP contribution in [-0.2, 0) is 4.79 Å². The van der Waals surface area contributed by atoms with Crippen LogP contribution in [0.5, 0.6) is 0 Å². The first kappa shape index (κ1) is 13.9. The van der Waals surface area contributed by atoms with Gasteiger partial charge in [-0.3, -0.25) is 4.79 Å². The second-order valence-corrected chi connectivity index (χ2v) is 4.96. The van der Waals surface area contributed by atoms with Crippen molar-refractivity contribution in [3.63, 3.8) is 0 Å². The molecule has 0 bridgehead atoms. The third-order valence-corrected chi connectivity index (χ3v) is 3.11. The highest BCUT2D eigenvalue weighted by atomic mass is 79.9. The third kappa shape index (κ3) is 7.36. The molecule has 0 aromatic rings. The van der Waals surface area contributed by atoms with Gasteiger partial charge in [0.2, 0.25) is 5.91 Å². The Kier molecular flexibility index (Phi) is 8.24. The summed E-state index contributed by atoms with van der Waals surface area (Å²) in [6.45, 7) is 7.34. The molecule has 0 aromatic carbocycles. The van der Waals surface area contributed by atoms with E-state index in [4.69, 9.17) is 0 Å². The predicted octanol–water partition coefficient (Wildman–Crippen LogP) is 2.96. The molecule has 3 heteroatoms. The fourth-order valence-electron chi connectivity index (χ4n) is 0.979. The van der Waals surface area contributed by atoms with Gasteiger partial charge in [-0.05, 0) is 24.7 Å². The molecule has 1 atom stereocenters. The van der Waals surface area contributed by atoms with Crippen molar-refractivity contribution in [2.75, 3.05) is 11.9 Å². The van der Waals surface area contributed by atoms with Gasteiger partial charge in [-0.2, -0.15) is 0 Å². The molecule has 1 unspecified atom stereocenters. The summed E-state index contributed by atoms with van der Waals surface area (Å²) >= 11 is 3.35. The van der Waals surface area contributed by atoms with Crippen LogP contribution in [0.1, 0.15) is 40.0 Å². The van der Waals surface area contributed by atoms with E-state index in [1.807, 2.05) is 0 Å². The number of amides is 1.